The molecule has 4 heterocycles. The van der Waals surface area contributed by atoms with Gasteiger partial charge in [0.25, 0.3) is 5.91 Å². The minimum Gasteiger partial charge on any atom is -0.467 e. The fraction of sp³-hybridized carbons (Fsp3) is 0.278. The molecule has 1 aliphatic heterocycles. The highest BCUT2D eigenvalue weighted by atomic mass is 19.4. The standard InChI is InChI=1S/C18H16F3N5O2/c19-18(20,21)15-8-13(14-5-3-7-28-14)25-16-12(10-24-26(15)16)17(27)23-9-11-4-1-2-6-22-11/h1-7,10,13,15,25H,8-9H2,(H,23,27)/t13-,15+/m1/s1. The number of hydrogen-bond donors (Lipinski definition) is 2. The van der Waals surface area contributed by atoms with Gasteiger partial charge < -0.3 is 15.1 Å². The summed E-state index contributed by atoms with van der Waals surface area (Å²) in [6.07, 6.45) is -0.686. The topological polar surface area (TPSA) is 85.0 Å². The molecule has 28 heavy (non-hydrogen) atoms. The van der Waals surface area contributed by atoms with Crippen LogP contribution in [0.25, 0.3) is 0 Å². The first-order valence-electron chi connectivity index (χ1n) is 8.56. The van der Waals surface area contributed by atoms with Gasteiger partial charge >= 0.3 is 6.18 Å². The van der Waals surface area contributed by atoms with Crippen LogP contribution in [0.15, 0.2) is 53.4 Å². The normalized spacial score (nSPS) is 19.0. The number of rotatable bonds is 4. The maximum atomic E-state index is 13.6. The van der Waals surface area contributed by atoms with Gasteiger partial charge in [-0.15, -0.1) is 0 Å². The molecular formula is C18H16F3N5O2. The molecule has 0 radical (unpaired) electrons. The zero-order valence-electron chi connectivity index (χ0n) is 14.5. The van der Waals surface area contributed by atoms with E-state index in [2.05, 4.69) is 20.7 Å². The Bertz CT molecular complexity index is 954. The van der Waals surface area contributed by atoms with E-state index in [4.69, 9.17) is 4.42 Å². The van der Waals surface area contributed by atoms with Crippen molar-refractivity contribution < 1.29 is 22.4 Å². The molecule has 10 heteroatoms. The molecule has 7 nitrogen and oxygen atoms in total. The zero-order valence-corrected chi connectivity index (χ0v) is 14.5. The SMILES string of the molecule is O=C(NCc1ccccn1)c1cnn2c1N[C@@H](c1ccco1)C[C@H]2C(F)(F)F. The summed E-state index contributed by atoms with van der Waals surface area (Å²) in [7, 11) is 0. The first-order chi connectivity index (χ1) is 13.4. The molecule has 0 aliphatic carbocycles. The molecule has 0 bridgehead atoms. The van der Waals surface area contributed by atoms with Crippen LogP contribution in [0.3, 0.4) is 0 Å². The summed E-state index contributed by atoms with van der Waals surface area (Å²) in [6.45, 7) is 0.147. The Balaban J connectivity index is 1.61. The zero-order chi connectivity index (χ0) is 19.7. The molecule has 0 saturated carbocycles. The third-order valence-corrected chi connectivity index (χ3v) is 4.53. The van der Waals surface area contributed by atoms with E-state index in [0.717, 1.165) is 10.9 Å². The molecule has 1 aliphatic rings. The number of carbonyl (C=O) groups excluding carboxylic acids is 1. The van der Waals surface area contributed by atoms with Crippen LogP contribution in [0.5, 0.6) is 0 Å². The fourth-order valence-corrected chi connectivity index (χ4v) is 3.17. The van der Waals surface area contributed by atoms with Gasteiger partial charge in [0.15, 0.2) is 6.04 Å². The molecular weight excluding hydrogens is 375 g/mol. The number of hydrogen-bond acceptors (Lipinski definition) is 5. The highest BCUT2D eigenvalue weighted by Gasteiger charge is 2.47. The van der Waals surface area contributed by atoms with Gasteiger partial charge in [-0.3, -0.25) is 9.78 Å². The van der Waals surface area contributed by atoms with Crippen molar-refractivity contribution in [3.8, 4) is 0 Å². The lowest BCUT2D eigenvalue weighted by Gasteiger charge is -2.32. The number of aromatic nitrogens is 3. The average Bonchev–Trinajstić information content (AvgIpc) is 3.35. The molecule has 2 atom stereocenters. The van der Waals surface area contributed by atoms with E-state index in [-0.39, 0.29) is 24.3 Å². The van der Waals surface area contributed by atoms with Crippen LogP contribution in [-0.2, 0) is 6.54 Å². The first kappa shape index (κ1) is 18.1. The highest BCUT2D eigenvalue weighted by Crippen LogP contribution is 2.44. The van der Waals surface area contributed by atoms with Gasteiger partial charge in [0, 0.05) is 12.6 Å². The number of alkyl halides is 3. The van der Waals surface area contributed by atoms with Crippen molar-refractivity contribution in [2.75, 3.05) is 5.32 Å². The molecule has 2 N–H and O–H groups in total. The number of nitrogens with zero attached hydrogens (tertiary/aromatic N) is 3. The number of pyridine rings is 1. The Morgan fingerprint density at radius 3 is 2.86 bits per heavy atom. The Morgan fingerprint density at radius 2 is 2.18 bits per heavy atom. The van der Waals surface area contributed by atoms with Crippen molar-refractivity contribution in [3.63, 3.8) is 0 Å². The quantitative estimate of drug-likeness (QED) is 0.712. The molecule has 1 amide bonds. The van der Waals surface area contributed by atoms with Crippen LogP contribution >= 0.6 is 0 Å². The molecule has 0 saturated heterocycles. The van der Waals surface area contributed by atoms with Crippen molar-refractivity contribution in [2.24, 2.45) is 0 Å². The van der Waals surface area contributed by atoms with Crippen molar-refractivity contribution >= 4 is 11.7 Å². The van der Waals surface area contributed by atoms with Gasteiger partial charge in [-0.2, -0.15) is 18.3 Å². The number of carbonyl (C=O) groups is 1. The lowest BCUT2D eigenvalue weighted by Crippen LogP contribution is -2.36. The van der Waals surface area contributed by atoms with E-state index >= 15 is 0 Å². The molecule has 0 unspecified atom stereocenters. The Labute approximate surface area is 157 Å². The second-order valence-corrected chi connectivity index (χ2v) is 6.36. The minimum absolute atomic E-state index is 0.00787. The van der Waals surface area contributed by atoms with Gasteiger partial charge in [0.1, 0.15) is 17.1 Å². The maximum absolute atomic E-state index is 13.6. The van der Waals surface area contributed by atoms with Crippen LogP contribution < -0.4 is 10.6 Å². The van der Waals surface area contributed by atoms with Gasteiger partial charge in [-0.05, 0) is 24.3 Å². The number of anilines is 1. The van der Waals surface area contributed by atoms with Crippen molar-refractivity contribution in [2.45, 2.75) is 31.2 Å². The third-order valence-electron chi connectivity index (χ3n) is 4.53. The molecule has 0 fully saturated rings. The van der Waals surface area contributed by atoms with E-state index in [0.29, 0.717) is 11.5 Å². The van der Waals surface area contributed by atoms with Gasteiger partial charge in [-0.25, -0.2) is 4.68 Å². The van der Waals surface area contributed by atoms with Crippen LogP contribution in [-0.4, -0.2) is 26.8 Å². The van der Waals surface area contributed by atoms with E-state index in [1.54, 1.807) is 36.5 Å². The van der Waals surface area contributed by atoms with E-state index in [1.807, 2.05) is 0 Å². The van der Waals surface area contributed by atoms with Crippen LogP contribution in [0.1, 0.15) is 40.3 Å². The molecule has 0 aromatic carbocycles. The number of halogens is 3. The Morgan fingerprint density at radius 1 is 1.32 bits per heavy atom. The third kappa shape index (κ3) is 3.45. The maximum Gasteiger partial charge on any atom is 0.410 e. The molecule has 4 rings (SSSR count). The summed E-state index contributed by atoms with van der Waals surface area (Å²) in [5, 5.41) is 9.44. The summed E-state index contributed by atoms with van der Waals surface area (Å²) < 4.78 is 46.8. The van der Waals surface area contributed by atoms with E-state index < -0.39 is 24.2 Å². The number of furan rings is 1. The largest absolute Gasteiger partial charge is 0.467 e. The predicted molar refractivity (Wildman–Crippen MR) is 92.4 cm³/mol. The fourth-order valence-electron chi connectivity index (χ4n) is 3.17. The first-order valence-corrected chi connectivity index (χ1v) is 8.56. The van der Waals surface area contributed by atoms with Crippen LogP contribution in [0, 0.1) is 0 Å². The molecule has 0 spiro atoms. The van der Waals surface area contributed by atoms with Gasteiger partial charge in [-0.1, -0.05) is 6.07 Å². The smallest absolute Gasteiger partial charge is 0.410 e. The molecule has 146 valence electrons. The molecule has 3 aromatic heterocycles. The number of fused-ring (bicyclic) bond motifs is 1. The van der Waals surface area contributed by atoms with Gasteiger partial charge in [0.05, 0.1) is 30.7 Å². The van der Waals surface area contributed by atoms with E-state index in [1.165, 1.54) is 6.26 Å². The Hall–Kier alpha value is -3.30. The van der Waals surface area contributed by atoms with Crippen molar-refractivity contribution in [1.82, 2.24) is 20.1 Å². The van der Waals surface area contributed by atoms with Crippen LogP contribution in [0.2, 0.25) is 0 Å². The summed E-state index contributed by atoms with van der Waals surface area (Å²) in [6, 6.07) is 5.86. The monoisotopic (exact) mass is 391 g/mol. The van der Waals surface area contributed by atoms with Crippen molar-refractivity contribution in [3.05, 3.63) is 66.0 Å². The van der Waals surface area contributed by atoms with Crippen LogP contribution in [0.4, 0.5) is 19.0 Å². The van der Waals surface area contributed by atoms with Gasteiger partial charge in [0.2, 0.25) is 0 Å². The lowest BCUT2D eigenvalue weighted by molar-refractivity contribution is -0.174. The summed E-state index contributed by atoms with van der Waals surface area (Å²) in [5.74, 6) is -0.171. The summed E-state index contributed by atoms with van der Waals surface area (Å²) >= 11 is 0. The van der Waals surface area contributed by atoms with Crippen molar-refractivity contribution in [1.29, 1.82) is 0 Å². The summed E-state index contributed by atoms with van der Waals surface area (Å²) in [5.41, 5.74) is 0.660. The second kappa shape index (κ2) is 7.02. The molecule has 3 aromatic rings. The Kier molecular flexibility index (Phi) is 4.54. The number of nitrogens with one attached hydrogen (secondary N) is 2. The second-order valence-electron chi connectivity index (χ2n) is 6.36. The lowest BCUT2D eigenvalue weighted by atomic mass is 10.0. The summed E-state index contributed by atoms with van der Waals surface area (Å²) in [4.78, 5) is 16.7. The number of amides is 1. The van der Waals surface area contributed by atoms with E-state index in [9.17, 15) is 18.0 Å². The highest BCUT2D eigenvalue weighted by molar-refractivity contribution is 5.98. The minimum atomic E-state index is -4.52. The average molecular weight is 391 g/mol. The predicted octanol–water partition coefficient (Wildman–Crippen LogP) is 3.46.